The van der Waals surface area contributed by atoms with E-state index in [1.54, 1.807) is 4.90 Å². The summed E-state index contributed by atoms with van der Waals surface area (Å²) in [5, 5.41) is 18.5. The van der Waals surface area contributed by atoms with E-state index in [1.807, 2.05) is 12.1 Å². The van der Waals surface area contributed by atoms with Crippen LogP contribution in [0.4, 0.5) is 4.39 Å². The van der Waals surface area contributed by atoms with Gasteiger partial charge in [0.2, 0.25) is 5.91 Å². The number of nitrogens with two attached hydrogens (primary N) is 1. The predicted molar refractivity (Wildman–Crippen MR) is 103 cm³/mol. The first-order chi connectivity index (χ1) is 13.0. The topological polar surface area (TPSA) is 86.8 Å². The van der Waals surface area contributed by atoms with E-state index >= 15 is 0 Å². The van der Waals surface area contributed by atoms with Gasteiger partial charge >= 0.3 is 7.12 Å². The molecule has 2 aromatic rings. The van der Waals surface area contributed by atoms with E-state index in [4.69, 9.17) is 5.73 Å². The average Bonchev–Trinajstić information content (AvgIpc) is 2.69. The smallest absolute Gasteiger partial charge is 0.423 e. The Kier molecular flexibility index (Phi) is 6.26. The monoisotopic (exact) mass is 370 g/mol. The van der Waals surface area contributed by atoms with E-state index in [0.717, 1.165) is 24.5 Å². The van der Waals surface area contributed by atoms with Gasteiger partial charge < -0.3 is 20.7 Å². The molecule has 0 bridgehead atoms. The molecule has 1 fully saturated rings. The van der Waals surface area contributed by atoms with Crippen LogP contribution >= 0.6 is 0 Å². The SMILES string of the molecule is NCc1cccc(C2CCN(C(=O)Cc3cc(B(O)O)ccc3F)CC2)c1. The number of rotatable bonds is 5. The minimum Gasteiger partial charge on any atom is -0.423 e. The van der Waals surface area contributed by atoms with Crippen molar-refractivity contribution < 1.29 is 19.2 Å². The van der Waals surface area contributed by atoms with Crippen LogP contribution in [0.2, 0.25) is 0 Å². The molecule has 1 aliphatic rings. The zero-order chi connectivity index (χ0) is 19.4. The Morgan fingerprint density at radius 3 is 2.59 bits per heavy atom. The molecular weight excluding hydrogens is 346 g/mol. The fourth-order valence-corrected chi connectivity index (χ4v) is 3.60. The van der Waals surface area contributed by atoms with Gasteiger partial charge in [0.15, 0.2) is 0 Å². The van der Waals surface area contributed by atoms with Crippen LogP contribution in [-0.2, 0) is 17.8 Å². The van der Waals surface area contributed by atoms with Gasteiger partial charge in [-0.2, -0.15) is 0 Å². The summed E-state index contributed by atoms with van der Waals surface area (Å²) in [4.78, 5) is 14.3. The summed E-state index contributed by atoms with van der Waals surface area (Å²) in [5.41, 5.74) is 8.43. The Hall–Kier alpha value is -2.22. The zero-order valence-electron chi connectivity index (χ0n) is 15.1. The van der Waals surface area contributed by atoms with Crippen molar-refractivity contribution in [3.8, 4) is 0 Å². The van der Waals surface area contributed by atoms with Crippen LogP contribution in [0.1, 0.15) is 35.4 Å². The van der Waals surface area contributed by atoms with E-state index in [9.17, 15) is 19.2 Å². The van der Waals surface area contributed by atoms with Crippen LogP contribution in [0.5, 0.6) is 0 Å². The van der Waals surface area contributed by atoms with E-state index < -0.39 is 12.9 Å². The molecule has 7 heteroatoms. The molecule has 0 aliphatic carbocycles. The standard InChI is InChI=1S/C20H24BFN2O3/c22-19-5-4-18(21(26)27)11-17(19)12-20(25)24-8-6-15(7-9-24)16-3-1-2-14(10-16)13-23/h1-5,10-11,15,26-27H,6-9,12-13,23H2. The molecule has 1 amide bonds. The summed E-state index contributed by atoms with van der Waals surface area (Å²) in [6.07, 6.45) is 1.63. The second-order valence-electron chi connectivity index (χ2n) is 7.01. The number of hydrogen-bond donors (Lipinski definition) is 3. The van der Waals surface area contributed by atoms with Crippen LogP contribution in [-0.4, -0.2) is 41.1 Å². The first-order valence-electron chi connectivity index (χ1n) is 9.19. The summed E-state index contributed by atoms with van der Waals surface area (Å²) in [5.74, 6) is -0.265. The van der Waals surface area contributed by atoms with E-state index in [2.05, 4.69) is 12.1 Å². The number of likely N-dealkylation sites (tertiary alicyclic amines) is 1. The number of amides is 1. The molecule has 27 heavy (non-hydrogen) atoms. The van der Waals surface area contributed by atoms with Crippen molar-refractivity contribution in [3.63, 3.8) is 0 Å². The maximum Gasteiger partial charge on any atom is 0.488 e. The van der Waals surface area contributed by atoms with Crippen LogP contribution in [0.25, 0.3) is 0 Å². The molecule has 2 aromatic carbocycles. The Balaban J connectivity index is 1.61. The number of hydrogen-bond acceptors (Lipinski definition) is 4. The molecule has 0 aromatic heterocycles. The fraction of sp³-hybridized carbons (Fsp3) is 0.350. The largest absolute Gasteiger partial charge is 0.488 e. The molecule has 0 radical (unpaired) electrons. The van der Waals surface area contributed by atoms with E-state index in [1.165, 1.54) is 17.7 Å². The third-order valence-corrected chi connectivity index (χ3v) is 5.22. The molecule has 5 nitrogen and oxygen atoms in total. The van der Waals surface area contributed by atoms with Crippen LogP contribution in [0, 0.1) is 5.82 Å². The van der Waals surface area contributed by atoms with Crippen LogP contribution in [0.3, 0.4) is 0 Å². The molecule has 0 spiro atoms. The van der Waals surface area contributed by atoms with E-state index in [0.29, 0.717) is 25.6 Å². The van der Waals surface area contributed by atoms with Crippen LogP contribution in [0.15, 0.2) is 42.5 Å². The molecule has 1 aliphatic heterocycles. The van der Waals surface area contributed by atoms with Gasteiger partial charge in [0.1, 0.15) is 5.82 Å². The van der Waals surface area contributed by atoms with Gasteiger partial charge in [0.25, 0.3) is 0 Å². The molecule has 0 unspecified atom stereocenters. The minimum atomic E-state index is -1.68. The van der Waals surface area contributed by atoms with Gasteiger partial charge in [-0.15, -0.1) is 0 Å². The summed E-state index contributed by atoms with van der Waals surface area (Å²) >= 11 is 0. The molecule has 0 atom stereocenters. The number of halogens is 1. The minimum absolute atomic E-state index is 0.0836. The number of carbonyl (C=O) groups excluding carboxylic acids is 1. The second kappa shape index (κ2) is 8.65. The quantitative estimate of drug-likeness (QED) is 0.683. The Bertz CT molecular complexity index is 808. The summed E-state index contributed by atoms with van der Waals surface area (Å²) in [6, 6.07) is 12.0. The van der Waals surface area contributed by atoms with Crippen molar-refractivity contribution in [2.24, 2.45) is 5.73 Å². The number of benzene rings is 2. The number of nitrogens with zero attached hydrogens (tertiary/aromatic N) is 1. The predicted octanol–water partition coefficient (Wildman–Crippen LogP) is 0.913. The molecule has 1 heterocycles. The first-order valence-corrected chi connectivity index (χ1v) is 9.19. The molecule has 1 saturated heterocycles. The van der Waals surface area contributed by atoms with E-state index in [-0.39, 0.29) is 23.4 Å². The van der Waals surface area contributed by atoms with Crippen molar-refractivity contribution in [3.05, 3.63) is 65.0 Å². The lowest BCUT2D eigenvalue weighted by molar-refractivity contribution is -0.131. The normalized spacial score (nSPS) is 15.0. The van der Waals surface area contributed by atoms with Gasteiger partial charge in [-0.3, -0.25) is 4.79 Å². The van der Waals surface area contributed by atoms with Crippen molar-refractivity contribution >= 4 is 18.5 Å². The van der Waals surface area contributed by atoms with Crippen molar-refractivity contribution in [1.82, 2.24) is 4.90 Å². The molecular formula is C20H24BFN2O3. The second-order valence-corrected chi connectivity index (χ2v) is 7.01. The lowest BCUT2D eigenvalue weighted by atomic mass is 9.79. The maximum absolute atomic E-state index is 14.0. The van der Waals surface area contributed by atoms with Crippen molar-refractivity contribution in [2.75, 3.05) is 13.1 Å². The highest BCUT2D eigenvalue weighted by Gasteiger charge is 2.25. The highest BCUT2D eigenvalue weighted by Crippen LogP contribution is 2.28. The Morgan fingerprint density at radius 1 is 1.19 bits per heavy atom. The summed E-state index contributed by atoms with van der Waals surface area (Å²) in [7, 11) is -1.68. The highest BCUT2D eigenvalue weighted by atomic mass is 19.1. The zero-order valence-corrected chi connectivity index (χ0v) is 15.1. The first kappa shape index (κ1) is 19.5. The Morgan fingerprint density at radius 2 is 1.93 bits per heavy atom. The third-order valence-electron chi connectivity index (χ3n) is 5.22. The van der Waals surface area contributed by atoms with Gasteiger partial charge in [0, 0.05) is 19.6 Å². The maximum atomic E-state index is 14.0. The molecule has 0 saturated carbocycles. The van der Waals surface area contributed by atoms with Crippen molar-refractivity contribution in [1.29, 1.82) is 0 Å². The lowest BCUT2D eigenvalue weighted by Gasteiger charge is -2.32. The van der Waals surface area contributed by atoms with Crippen LogP contribution < -0.4 is 11.2 Å². The van der Waals surface area contributed by atoms with Gasteiger partial charge in [-0.25, -0.2) is 4.39 Å². The molecule has 142 valence electrons. The number of piperidine rings is 1. The molecule has 3 rings (SSSR count). The highest BCUT2D eigenvalue weighted by molar-refractivity contribution is 6.58. The van der Waals surface area contributed by atoms with Gasteiger partial charge in [-0.1, -0.05) is 36.4 Å². The third kappa shape index (κ3) is 4.74. The molecule has 4 N–H and O–H groups in total. The van der Waals surface area contributed by atoms with Gasteiger partial charge in [0.05, 0.1) is 6.42 Å². The lowest BCUT2D eigenvalue weighted by Crippen LogP contribution is -2.39. The van der Waals surface area contributed by atoms with Crippen molar-refractivity contribution in [2.45, 2.75) is 31.7 Å². The summed E-state index contributed by atoms with van der Waals surface area (Å²) in [6.45, 7) is 1.76. The number of carbonyl (C=O) groups is 1. The summed E-state index contributed by atoms with van der Waals surface area (Å²) < 4.78 is 14.0. The fourth-order valence-electron chi connectivity index (χ4n) is 3.60. The van der Waals surface area contributed by atoms with Gasteiger partial charge in [-0.05, 0) is 47.0 Å². The Labute approximate surface area is 158 Å². The average molecular weight is 370 g/mol.